The lowest BCUT2D eigenvalue weighted by atomic mass is 10.3. The predicted octanol–water partition coefficient (Wildman–Crippen LogP) is 3.05. The number of hydrogen-bond acceptors (Lipinski definition) is 1. The molecular formula is C7H14S. The van der Waals surface area contributed by atoms with Crippen molar-refractivity contribution in [3.63, 3.8) is 0 Å². The summed E-state index contributed by atoms with van der Waals surface area (Å²) < 4.78 is 0. The van der Waals surface area contributed by atoms with Crippen LogP contribution in [0.1, 0.15) is 27.2 Å². The highest BCUT2D eigenvalue weighted by Gasteiger charge is 1.95. The molecule has 0 aromatic carbocycles. The van der Waals surface area contributed by atoms with E-state index in [9.17, 15) is 0 Å². The Balaban J connectivity index is 0.000000222. The van der Waals surface area contributed by atoms with Crippen molar-refractivity contribution in [2.24, 2.45) is 0 Å². The van der Waals surface area contributed by atoms with E-state index in [1.807, 2.05) is 25.6 Å². The Morgan fingerprint density at radius 2 is 2.12 bits per heavy atom. The predicted molar refractivity (Wildman–Crippen MR) is 42.2 cm³/mol. The van der Waals surface area contributed by atoms with Crippen molar-refractivity contribution in [2.45, 2.75) is 27.2 Å². The first-order chi connectivity index (χ1) is 3.89. The van der Waals surface area contributed by atoms with Crippen LogP contribution in [0.15, 0.2) is 11.0 Å². The molecule has 1 rings (SSSR count). The van der Waals surface area contributed by atoms with Gasteiger partial charge in [-0.25, -0.2) is 0 Å². The third kappa shape index (κ3) is 3.14. The van der Waals surface area contributed by atoms with E-state index >= 15 is 0 Å². The molecule has 48 valence electrons. The van der Waals surface area contributed by atoms with Crippen LogP contribution in [-0.2, 0) is 0 Å². The van der Waals surface area contributed by atoms with Crippen molar-refractivity contribution in [1.29, 1.82) is 0 Å². The molecule has 0 saturated carbocycles. The first-order valence-corrected chi connectivity index (χ1v) is 4.22. The third-order valence-corrected chi connectivity index (χ3v) is 1.91. The molecule has 0 bridgehead atoms. The van der Waals surface area contributed by atoms with Crippen LogP contribution < -0.4 is 0 Å². The second-order valence-electron chi connectivity index (χ2n) is 1.58. The number of thioether (sulfide) groups is 1. The SMILES string of the molecule is CC.CC1=CSCC1. The molecule has 1 heteroatoms. The fourth-order valence-electron chi connectivity index (χ4n) is 0.480. The lowest BCUT2D eigenvalue weighted by Gasteiger charge is -1.78. The molecule has 0 unspecified atom stereocenters. The van der Waals surface area contributed by atoms with Gasteiger partial charge in [0, 0.05) is 5.75 Å². The van der Waals surface area contributed by atoms with Gasteiger partial charge in [-0.05, 0) is 18.8 Å². The summed E-state index contributed by atoms with van der Waals surface area (Å²) in [6.45, 7) is 6.18. The lowest BCUT2D eigenvalue weighted by molar-refractivity contribution is 1.15. The van der Waals surface area contributed by atoms with E-state index in [-0.39, 0.29) is 0 Å². The van der Waals surface area contributed by atoms with Gasteiger partial charge in [0.2, 0.25) is 0 Å². The van der Waals surface area contributed by atoms with Gasteiger partial charge in [0.15, 0.2) is 0 Å². The minimum Gasteiger partial charge on any atom is -0.134 e. The highest BCUT2D eigenvalue weighted by atomic mass is 32.2. The Labute approximate surface area is 56.4 Å². The third-order valence-electron chi connectivity index (χ3n) is 0.899. The van der Waals surface area contributed by atoms with Crippen LogP contribution in [-0.4, -0.2) is 5.75 Å². The molecule has 1 aliphatic rings. The second kappa shape index (κ2) is 5.23. The minimum absolute atomic E-state index is 1.31. The zero-order chi connectivity index (χ0) is 6.41. The average molecular weight is 130 g/mol. The first-order valence-electron chi connectivity index (χ1n) is 3.17. The summed E-state index contributed by atoms with van der Waals surface area (Å²) in [4.78, 5) is 0. The van der Waals surface area contributed by atoms with Crippen LogP contribution in [0.3, 0.4) is 0 Å². The molecule has 0 aromatic rings. The highest BCUT2D eigenvalue weighted by molar-refractivity contribution is 8.02. The van der Waals surface area contributed by atoms with E-state index in [2.05, 4.69) is 12.3 Å². The molecule has 0 fully saturated rings. The summed E-state index contributed by atoms with van der Waals surface area (Å²) in [5.41, 5.74) is 1.54. The lowest BCUT2D eigenvalue weighted by Crippen LogP contribution is -1.66. The average Bonchev–Trinajstić information content (AvgIpc) is 2.24. The van der Waals surface area contributed by atoms with Gasteiger partial charge in [0.1, 0.15) is 0 Å². The van der Waals surface area contributed by atoms with Crippen LogP contribution in [0.4, 0.5) is 0 Å². The van der Waals surface area contributed by atoms with E-state index in [4.69, 9.17) is 0 Å². The van der Waals surface area contributed by atoms with Crippen molar-refractivity contribution >= 4 is 11.8 Å². The maximum atomic E-state index is 2.24. The Kier molecular flexibility index (Phi) is 5.29. The van der Waals surface area contributed by atoms with Crippen molar-refractivity contribution in [3.05, 3.63) is 11.0 Å². The zero-order valence-corrected chi connectivity index (χ0v) is 6.72. The Morgan fingerprint density at radius 3 is 2.25 bits per heavy atom. The molecule has 0 saturated heterocycles. The maximum absolute atomic E-state index is 2.24. The largest absolute Gasteiger partial charge is 0.134 e. The monoisotopic (exact) mass is 130 g/mol. The summed E-state index contributed by atoms with van der Waals surface area (Å²) >= 11 is 1.92. The molecule has 0 atom stereocenters. The van der Waals surface area contributed by atoms with Gasteiger partial charge >= 0.3 is 0 Å². The van der Waals surface area contributed by atoms with Gasteiger partial charge in [0.05, 0.1) is 0 Å². The molecular weight excluding hydrogens is 116 g/mol. The summed E-state index contributed by atoms with van der Waals surface area (Å²) in [7, 11) is 0. The van der Waals surface area contributed by atoms with E-state index < -0.39 is 0 Å². The molecule has 1 aliphatic heterocycles. The van der Waals surface area contributed by atoms with Gasteiger partial charge in [-0.2, -0.15) is 0 Å². The fraction of sp³-hybridized carbons (Fsp3) is 0.714. The van der Waals surface area contributed by atoms with Crippen LogP contribution in [0.25, 0.3) is 0 Å². The molecule has 0 aromatic heterocycles. The number of rotatable bonds is 0. The van der Waals surface area contributed by atoms with E-state index in [1.54, 1.807) is 5.57 Å². The first kappa shape index (κ1) is 8.09. The van der Waals surface area contributed by atoms with Gasteiger partial charge in [-0.3, -0.25) is 0 Å². The Bertz CT molecular complexity index is 74.5. The number of hydrogen-bond donors (Lipinski definition) is 0. The standard InChI is InChI=1S/C5H8S.C2H6/c1-5-2-3-6-4-5;1-2/h4H,2-3H2,1H3;1-2H3. The molecule has 0 N–H and O–H groups in total. The topological polar surface area (TPSA) is 0 Å². The Morgan fingerprint density at radius 1 is 1.50 bits per heavy atom. The number of allylic oxidation sites excluding steroid dienone is 1. The maximum Gasteiger partial charge on any atom is 0.00115 e. The molecule has 0 spiro atoms. The van der Waals surface area contributed by atoms with Crippen LogP contribution in [0.5, 0.6) is 0 Å². The molecule has 1 heterocycles. The second-order valence-corrected chi connectivity index (χ2v) is 2.56. The van der Waals surface area contributed by atoms with Gasteiger partial charge in [-0.15, -0.1) is 11.8 Å². The van der Waals surface area contributed by atoms with Crippen molar-refractivity contribution in [3.8, 4) is 0 Å². The normalized spacial score (nSPS) is 16.6. The molecule has 8 heavy (non-hydrogen) atoms. The summed E-state index contributed by atoms with van der Waals surface area (Å²) in [5.74, 6) is 1.31. The molecule has 0 radical (unpaired) electrons. The summed E-state index contributed by atoms with van der Waals surface area (Å²) in [6, 6.07) is 0. The minimum atomic E-state index is 1.31. The molecule has 0 aliphatic carbocycles. The van der Waals surface area contributed by atoms with E-state index in [0.717, 1.165) is 0 Å². The van der Waals surface area contributed by atoms with Gasteiger partial charge < -0.3 is 0 Å². The van der Waals surface area contributed by atoms with Crippen molar-refractivity contribution in [2.75, 3.05) is 5.75 Å². The smallest absolute Gasteiger partial charge is 0.00115 e. The van der Waals surface area contributed by atoms with Crippen molar-refractivity contribution in [1.82, 2.24) is 0 Å². The van der Waals surface area contributed by atoms with E-state index in [0.29, 0.717) is 0 Å². The van der Waals surface area contributed by atoms with Gasteiger partial charge in [-0.1, -0.05) is 19.4 Å². The van der Waals surface area contributed by atoms with Gasteiger partial charge in [0.25, 0.3) is 0 Å². The quantitative estimate of drug-likeness (QED) is 0.485. The van der Waals surface area contributed by atoms with E-state index in [1.165, 1.54) is 12.2 Å². The molecule has 0 nitrogen and oxygen atoms in total. The fourth-order valence-corrected chi connectivity index (χ4v) is 1.44. The summed E-state index contributed by atoms with van der Waals surface area (Å²) in [5, 5.41) is 2.24. The van der Waals surface area contributed by atoms with Crippen molar-refractivity contribution < 1.29 is 0 Å². The van der Waals surface area contributed by atoms with Crippen LogP contribution in [0.2, 0.25) is 0 Å². The van der Waals surface area contributed by atoms with Crippen LogP contribution in [0, 0.1) is 0 Å². The Hall–Kier alpha value is 0.0900. The molecule has 0 amide bonds. The zero-order valence-electron chi connectivity index (χ0n) is 5.90. The van der Waals surface area contributed by atoms with Crippen LogP contribution >= 0.6 is 11.8 Å². The summed E-state index contributed by atoms with van der Waals surface area (Å²) in [6.07, 6.45) is 1.31. The highest BCUT2D eigenvalue weighted by Crippen LogP contribution is 2.19.